The Hall–Kier alpha value is -1.82. The molecule has 2 aromatic rings. The van der Waals surface area contributed by atoms with Crippen molar-refractivity contribution in [1.29, 1.82) is 0 Å². The number of thiophene rings is 1. The summed E-state index contributed by atoms with van der Waals surface area (Å²) < 4.78 is 42.6. The zero-order valence-corrected chi connectivity index (χ0v) is 12.8. The van der Waals surface area contributed by atoms with Gasteiger partial charge in [0.05, 0.1) is 11.1 Å². The first kappa shape index (κ1) is 16.5. The topological polar surface area (TPSA) is 26.3 Å². The van der Waals surface area contributed by atoms with Crippen LogP contribution in [0.2, 0.25) is 0 Å². The molecule has 0 amide bonds. The molecule has 2 rings (SSSR count). The first-order valence-corrected chi connectivity index (χ1v) is 7.75. The van der Waals surface area contributed by atoms with Crippen LogP contribution in [0, 0.1) is 0 Å². The lowest BCUT2D eigenvalue weighted by Gasteiger charge is -2.07. The molecular formula is C16H15F3O2S. The Morgan fingerprint density at radius 2 is 1.91 bits per heavy atom. The molecule has 0 bridgehead atoms. The Morgan fingerprint density at radius 1 is 1.23 bits per heavy atom. The highest BCUT2D eigenvalue weighted by atomic mass is 32.1. The lowest BCUT2D eigenvalue weighted by atomic mass is 10.1. The Balaban J connectivity index is 2.01. The van der Waals surface area contributed by atoms with E-state index in [9.17, 15) is 18.0 Å². The molecule has 0 N–H and O–H groups in total. The molecule has 0 fully saturated rings. The molecule has 0 radical (unpaired) electrons. The van der Waals surface area contributed by atoms with Gasteiger partial charge in [-0.1, -0.05) is 13.3 Å². The van der Waals surface area contributed by atoms with Crippen molar-refractivity contribution in [2.45, 2.75) is 32.4 Å². The van der Waals surface area contributed by atoms with Crippen LogP contribution in [0.25, 0.3) is 0 Å². The second-order valence-electron chi connectivity index (χ2n) is 4.84. The summed E-state index contributed by atoms with van der Waals surface area (Å²) in [7, 11) is 0. The lowest BCUT2D eigenvalue weighted by molar-refractivity contribution is -0.137. The standard InChI is InChI=1S/C16H15F3O2S/c1-2-3-4-11-9-14(22-10-11)21-15(20)12-5-7-13(8-6-12)16(17,18)19/h5-10H,2-4H2,1H3. The number of carbonyl (C=O) groups excluding carboxylic acids is 1. The van der Waals surface area contributed by atoms with Crippen molar-refractivity contribution >= 4 is 17.3 Å². The van der Waals surface area contributed by atoms with Crippen LogP contribution in [0.4, 0.5) is 13.2 Å². The van der Waals surface area contributed by atoms with Crippen LogP contribution < -0.4 is 4.74 Å². The molecule has 2 nitrogen and oxygen atoms in total. The summed E-state index contributed by atoms with van der Waals surface area (Å²) in [4.78, 5) is 11.9. The first-order valence-electron chi connectivity index (χ1n) is 6.87. The van der Waals surface area contributed by atoms with E-state index in [1.165, 1.54) is 11.3 Å². The molecule has 0 saturated heterocycles. The van der Waals surface area contributed by atoms with Gasteiger partial charge in [0.25, 0.3) is 0 Å². The average Bonchev–Trinajstić information content (AvgIpc) is 2.92. The molecule has 0 aliphatic rings. The van der Waals surface area contributed by atoms with Crippen LogP contribution in [0.1, 0.15) is 41.3 Å². The van der Waals surface area contributed by atoms with Crippen LogP contribution in [0.5, 0.6) is 5.06 Å². The van der Waals surface area contributed by atoms with E-state index < -0.39 is 17.7 Å². The quantitative estimate of drug-likeness (QED) is 0.694. The van der Waals surface area contributed by atoms with Crippen molar-refractivity contribution in [1.82, 2.24) is 0 Å². The summed E-state index contributed by atoms with van der Waals surface area (Å²) in [6, 6.07) is 5.78. The maximum atomic E-state index is 12.5. The van der Waals surface area contributed by atoms with Crippen molar-refractivity contribution < 1.29 is 22.7 Å². The zero-order valence-electron chi connectivity index (χ0n) is 11.9. The van der Waals surface area contributed by atoms with Gasteiger partial charge in [0.15, 0.2) is 5.06 Å². The third-order valence-corrected chi connectivity index (χ3v) is 3.94. The van der Waals surface area contributed by atoms with E-state index in [1.807, 2.05) is 5.38 Å². The van der Waals surface area contributed by atoms with E-state index >= 15 is 0 Å². The molecule has 0 aliphatic heterocycles. The molecule has 0 unspecified atom stereocenters. The highest BCUT2D eigenvalue weighted by molar-refractivity contribution is 7.12. The number of esters is 1. The van der Waals surface area contributed by atoms with Crippen molar-refractivity contribution in [2.24, 2.45) is 0 Å². The minimum Gasteiger partial charge on any atom is -0.412 e. The zero-order chi connectivity index (χ0) is 16.2. The third-order valence-electron chi connectivity index (χ3n) is 3.09. The summed E-state index contributed by atoms with van der Waals surface area (Å²) in [5.74, 6) is -0.655. The average molecular weight is 328 g/mol. The van der Waals surface area contributed by atoms with Gasteiger partial charge in [0.2, 0.25) is 0 Å². The second-order valence-corrected chi connectivity index (χ2v) is 5.72. The minimum atomic E-state index is -4.41. The normalized spacial score (nSPS) is 11.5. The monoisotopic (exact) mass is 328 g/mol. The van der Waals surface area contributed by atoms with Crippen molar-refractivity contribution in [3.63, 3.8) is 0 Å². The number of ether oxygens (including phenoxy) is 1. The Kier molecular flexibility index (Phi) is 5.24. The number of aryl methyl sites for hydroxylation is 1. The summed E-state index contributed by atoms with van der Waals surface area (Å²) >= 11 is 1.31. The van der Waals surface area contributed by atoms with Crippen LogP contribution in [-0.2, 0) is 12.6 Å². The van der Waals surface area contributed by atoms with Gasteiger partial charge in [-0.05, 0) is 54.1 Å². The van der Waals surface area contributed by atoms with E-state index in [1.54, 1.807) is 6.07 Å². The summed E-state index contributed by atoms with van der Waals surface area (Å²) in [5, 5.41) is 2.38. The highest BCUT2D eigenvalue weighted by Gasteiger charge is 2.30. The van der Waals surface area contributed by atoms with E-state index in [-0.39, 0.29) is 5.56 Å². The maximum absolute atomic E-state index is 12.5. The fraction of sp³-hybridized carbons (Fsp3) is 0.312. The number of rotatable bonds is 5. The van der Waals surface area contributed by atoms with Gasteiger partial charge in [-0.3, -0.25) is 0 Å². The summed E-state index contributed by atoms with van der Waals surface area (Å²) in [6.45, 7) is 2.10. The number of alkyl halides is 3. The fourth-order valence-corrected chi connectivity index (χ4v) is 2.66. The number of hydrogen-bond donors (Lipinski definition) is 0. The molecule has 0 atom stereocenters. The predicted molar refractivity (Wildman–Crippen MR) is 79.3 cm³/mol. The minimum absolute atomic E-state index is 0.0940. The van der Waals surface area contributed by atoms with Crippen LogP contribution in [-0.4, -0.2) is 5.97 Å². The van der Waals surface area contributed by atoms with Gasteiger partial charge in [-0.25, -0.2) is 4.79 Å². The van der Waals surface area contributed by atoms with Crippen molar-refractivity contribution in [3.05, 3.63) is 52.4 Å². The predicted octanol–water partition coefficient (Wildman–Crippen LogP) is 5.33. The van der Waals surface area contributed by atoms with Gasteiger partial charge in [-0.2, -0.15) is 13.2 Å². The largest absolute Gasteiger partial charge is 0.416 e. The van der Waals surface area contributed by atoms with E-state index in [4.69, 9.17) is 4.74 Å². The van der Waals surface area contributed by atoms with E-state index in [0.29, 0.717) is 5.06 Å². The van der Waals surface area contributed by atoms with Gasteiger partial charge in [0.1, 0.15) is 0 Å². The SMILES string of the molecule is CCCCc1csc(OC(=O)c2ccc(C(F)(F)F)cc2)c1. The molecule has 22 heavy (non-hydrogen) atoms. The van der Waals surface area contributed by atoms with Gasteiger partial charge < -0.3 is 4.74 Å². The molecule has 6 heteroatoms. The molecular weight excluding hydrogens is 313 g/mol. The Bertz CT molecular complexity index is 630. The maximum Gasteiger partial charge on any atom is 0.416 e. The first-order chi connectivity index (χ1) is 10.4. The van der Waals surface area contributed by atoms with Crippen LogP contribution >= 0.6 is 11.3 Å². The summed E-state index contributed by atoms with van der Waals surface area (Å²) in [6.07, 6.45) is -1.35. The third kappa shape index (κ3) is 4.34. The Labute approximate surface area is 130 Å². The number of carbonyl (C=O) groups is 1. The van der Waals surface area contributed by atoms with Gasteiger partial charge in [0, 0.05) is 0 Å². The molecule has 0 aliphatic carbocycles. The number of benzene rings is 1. The molecule has 0 spiro atoms. The Morgan fingerprint density at radius 3 is 2.50 bits per heavy atom. The molecule has 1 aromatic carbocycles. The number of hydrogen-bond acceptors (Lipinski definition) is 3. The summed E-state index contributed by atoms with van der Waals surface area (Å²) in [5.41, 5.74) is 0.403. The van der Waals surface area contributed by atoms with Crippen LogP contribution in [0.3, 0.4) is 0 Å². The smallest absolute Gasteiger partial charge is 0.412 e. The van der Waals surface area contributed by atoms with E-state index in [2.05, 4.69) is 6.92 Å². The van der Waals surface area contributed by atoms with Gasteiger partial charge in [-0.15, -0.1) is 11.3 Å². The fourth-order valence-electron chi connectivity index (χ4n) is 1.86. The van der Waals surface area contributed by atoms with Crippen molar-refractivity contribution in [3.8, 4) is 5.06 Å². The molecule has 1 aromatic heterocycles. The van der Waals surface area contributed by atoms with E-state index in [0.717, 1.165) is 49.1 Å². The molecule has 0 saturated carbocycles. The molecule has 118 valence electrons. The van der Waals surface area contributed by atoms with Crippen molar-refractivity contribution in [2.75, 3.05) is 0 Å². The van der Waals surface area contributed by atoms with Crippen LogP contribution in [0.15, 0.2) is 35.7 Å². The highest BCUT2D eigenvalue weighted by Crippen LogP contribution is 2.29. The second kappa shape index (κ2) is 6.96. The number of unbranched alkanes of at least 4 members (excludes halogenated alkanes) is 1. The molecule has 1 heterocycles. The van der Waals surface area contributed by atoms with Gasteiger partial charge >= 0.3 is 12.1 Å². The lowest BCUT2D eigenvalue weighted by Crippen LogP contribution is -2.09. The number of halogens is 3.